The lowest BCUT2D eigenvalue weighted by Gasteiger charge is -2.47. The number of amides is 1. The van der Waals surface area contributed by atoms with Crippen LogP contribution in [-0.4, -0.2) is 34.7 Å². The average molecular weight is 241 g/mol. The van der Waals surface area contributed by atoms with Crippen LogP contribution in [0.25, 0.3) is 0 Å². The molecule has 0 aromatic rings. The van der Waals surface area contributed by atoms with Crippen LogP contribution in [0.15, 0.2) is 0 Å². The van der Waals surface area contributed by atoms with E-state index >= 15 is 0 Å². The fourth-order valence-electron chi connectivity index (χ4n) is 2.81. The molecule has 2 rings (SSSR count). The maximum Gasteiger partial charge on any atom is 0.338 e. The van der Waals surface area contributed by atoms with Crippen LogP contribution in [-0.2, 0) is 14.3 Å². The second-order valence-corrected chi connectivity index (χ2v) is 5.64. The molecule has 2 saturated heterocycles. The summed E-state index contributed by atoms with van der Waals surface area (Å²) >= 11 is 0. The predicted octanol–water partition coefficient (Wildman–Crippen LogP) is 0.0695. The normalized spacial score (nSPS) is 37.6. The fourth-order valence-corrected chi connectivity index (χ4v) is 2.81. The zero-order valence-electron chi connectivity index (χ0n) is 10.6. The summed E-state index contributed by atoms with van der Waals surface area (Å²) in [6.07, 6.45) is -1.43. The van der Waals surface area contributed by atoms with E-state index in [1.165, 1.54) is 0 Å². The minimum absolute atomic E-state index is 0.0781. The van der Waals surface area contributed by atoms with Gasteiger partial charge in [0.25, 0.3) is 0 Å². The van der Waals surface area contributed by atoms with E-state index in [0.29, 0.717) is 0 Å². The highest BCUT2D eigenvalue weighted by Gasteiger charge is 2.72. The van der Waals surface area contributed by atoms with Crippen LogP contribution in [0.5, 0.6) is 0 Å². The Balaban J connectivity index is 2.34. The predicted molar refractivity (Wildman–Crippen MR) is 59.9 cm³/mol. The molecule has 0 aromatic heterocycles. The van der Waals surface area contributed by atoms with Gasteiger partial charge in [-0.15, -0.1) is 0 Å². The van der Waals surface area contributed by atoms with E-state index in [1.807, 2.05) is 27.7 Å². The zero-order chi connectivity index (χ0) is 13.0. The molecule has 0 unspecified atom stereocenters. The molecular formula is C12H19NO4. The van der Waals surface area contributed by atoms with Gasteiger partial charge >= 0.3 is 5.97 Å². The second kappa shape index (κ2) is 3.70. The molecule has 0 radical (unpaired) electrons. The number of hydrogen-bond donors (Lipinski definition) is 2. The van der Waals surface area contributed by atoms with Gasteiger partial charge in [-0.05, 0) is 11.8 Å². The van der Waals surface area contributed by atoms with Gasteiger partial charge in [0.15, 0.2) is 6.10 Å². The van der Waals surface area contributed by atoms with Crippen molar-refractivity contribution in [2.75, 3.05) is 0 Å². The van der Waals surface area contributed by atoms with Gasteiger partial charge in [-0.2, -0.15) is 0 Å². The first-order valence-electron chi connectivity index (χ1n) is 6.03. The Morgan fingerprint density at radius 1 is 1.29 bits per heavy atom. The molecule has 4 atom stereocenters. The van der Waals surface area contributed by atoms with Gasteiger partial charge in [0.2, 0.25) is 11.4 Å². The summed E-state index contributed by atoms with van der Waals surface area (Å²) < 4.78 is 5.10. The fraction of sp³-hybridized carbons (Fsp3) is 0.833. The van der Waals surface area contributed by atoms with E-state index in [-0.39, 0.29) is 23.7 Å². The van der Waals surface area contributed by atoms with Crippen molar-refractivity contribution < 1.29 is 19.4 Å². The zero-order valence-corrected chi connectivity index (χ0v) is 10.6. The summed E-state index contributed by atoms with van der Waals surface area (Å²) in [6, 6.07) is 0. The van der Waals surface area contributed by atoms with Gasteiger partial charge in [-0.3, -0.25) is 4.79 Å². The highest BCUT2D eigenvalue weighted by Crippen LogP contribution is 2.45. The Hall–Kier alpha value is -1.10. The highest BCUT2D eigenvalue weighted by atomic mass is 16.6. The standard InChI is InChI=1S/C12H19NO4/c1-5(2)7-9-12(11(16)17-9,13-10(7)15)8(14)6(3)4/h5-9,14H,1-4H3,(H,13,15)/t7-,8+,9+,12-/m1/s1. The van der Waals surface area contributed by atoms with E-state index in [0.717, 1.165) is 0 Å². The number of carbonyl (C=O) groups is 2. The van der Waals surface area contributed by atoms with Crippen molar-refractivity contribution in [1.82, 2.24) is 5.32 Å². The Labute approximate surface area is 101 Å². The van der Waals surface area contributed by atoms with Crippen LogP contribution in [0.1, 0.15) is 27.7 Å². The van der Waals surface area contributed by atoms with Crippen LogP contribution in [0, 0.1) is 17.8 Å². The summed E-state index contributed by atoms with van der Waals surface area (Å²) in [5, 5.41) is 12.8. The van der Waals surface area contributed by atoms with Crippen LogP contribution >= 0.6 is 0 Å². The molecule has 0 aliphatic carbocycles. The minimum atomic E-state index is -1.21. The number of hydrogen-bond acceptors (Lipinski definition) is 4. The number of ether oxygens (including phenoxy) is 1. The maximum absolute atomic E-state index is 11.9. The quantitative estimate of drug-likeness (QED) is 0.686. The van der Waals surface area contributed by atoms with Crippen LogP contribution in [0.2, 0.25) is 0 Å². The number of nitrogens with one attached hydrogen (secondary N) is 1. The summed E-state index contributed by atoms with van der Waals surface area (Å²) in [4.78, 5) is 23.6. The van der Waals surface area contributed by atoms with Gasteiger partial charge in [-0.25, -0.2) is 4.79 Å². The molecule has 2 aliphatic heterocycles. The van der Waals surface area contributed by atoms with Crippen molar-refractivity contribution in [3.8, 4) is 0 Å². The second-order valence-electron chi connectivity index (χ2n) is 5.64. The molecular weight excluding hydrogens is 222 g/mol. The first kappa shape index (κ1) is 12.4. The first-order valence-corrected chi connectivity index (χ1v) is 6.03. The Kier molecular flexibility index (Phi) is 2.69. The van der Waals surface area contributed by atoms with Gasteiger partial charge in [-0.1, -0.05) is 27.7 Å². The van der Waals surface area contributed by atoms with Gasteiger partial charge in [0.1, 0.15) is 0 Å². The highest BCUT2D eigenvalue weighted by molar-refractivity contribution is 6.00. The monoisotopic (exact) mass is 241 g/mol. The molecule has 1 amide bonds. The SMILES string of the molecule is CC(C)[C@H]1C(=O)N[C@@]2([C@@H](O)C(C)C)C(=O)O[C@@H]12. The van der Waals surface area contributed by atoms with Crippen LogP contribution in [0.3, 0.4) is 0 Å². The van der Waals surface area contributed by atoms with E-state index in [9.17, 15) is 14.7 Å². The van der Waals surface area contributed by atoms with Crippen LogP contribution < -0.4 is 5.32 Å². The molecule has 2 heterocycles. The lowest BCUT2D eigenvalue weighted by molar-refractivity contribution is -0.209. The molecule has 0 spiro atoms. The number of aliphatic hydroxyl groups excluding tert-OH is 1. The van der Waals surface area contributed by atoms with Crippen molar-refractivity contribution in [2.45, 2.75) is 45.4 Å². The first-order chi connectivity index (χ1) is 7.82. The third kappa shape index (κ3) is 1.41. The third-order valence-electron chi connectivity index (χ3n) is 3.80. The van der Waals surface area contributed by atoms with Crippen molar-refractivity contribution in [3.63, 3.8) is 0 Å². The van der Waals surface area contributed by atoms with Gasteiger partial charge in [0, 0.05) is 0 Å². The van der Waals surface area contributed by atoms with Crippen molar-refractivity contribution in [2.24, 2.45) is 17.8 Å². The summed E-state index contributed by atoms with van der Waals surface area (Å²) in [5.74, 6) is -1.11. The Morgan fingerprint density at radius 3 is 2.29 bits per heavy atom. The molecule has 96 valence electrons. The molecule has 0 bridgehead atoms. The minimum Gasteiger partial charge on any atom is -0.456 e. The lowest BCUT2D eigenvalue weighted by atomic mass is 9.73. The van der Waals surface area contributed by atoms with E-state index < -0.39 is 23.7 Å². The number of rotatable bonds is 3. The molecule has 0 saturated carbocycles. The summed E-state index contributed by atoms with van der Waals surface area (Å²) in [5.41, 5.74) is -1.21. The number of carbonyl (C=O) groups excluding carboxylic acids is 2. The number of aliphatic hydroxyl groups is 1. The van der Waals surface area contributed by atoms with Gasteiger partial charge in [0.05, 0.1) is 12.0 Å². The summed E-state index contributed by atoms with van der Waals surface area (Å²) in [6.45, 7) is 7.45. The third-order valence-corrected chi connectivity index (χ3v) is 3.80. The van der Waals surface area contributed by atoms with E-state index in [2.05, 4.69) is 5.32 Å². The Morgan fingerprint density at radius 2 is 1.88 bits per heavy atom. The topological polar surface area (TPSA) is 75.6 Å². The molecule has 2 aliphatic rings. The lowest BCUT2D eigenvalue weighted by Crippen LogP contribution is -2.74. The smallest absolute Gasteiger partial charge is 0.338 e. The average Bonchev–Trinajstić information content (AvgIpc) is 2.46. The molecule has 2 fully saturated rings. The molecule has 0 aromatic carbocycles. The maximum atomic E-state index is 11.9. The molecule has 5 nitrogen and oxygen atoms in total. The van der Waals surface area contributed by atoms with Crippen LogP contribution in [0.4, 0.5) is 0 Å². The molecule has 17 heavy (non-hydrogen) atoms. The largest absolute Gasteiger partial charge is 0.456 e. The molecule has 2 N–H and O–H groups in total. The number of fused-ring (bicyclic) bond motifs is 1. The van der Waals surface area contributed by atoms with Crippen molar-refractivity contribution >= 4 is 11.9 Å². The van der Waals surface area contributed by atoms with Crippen molar-refractivity contribution in [3.05, 3.63) is 0 Å². The van der Waals surface area contributed by atoms with E-state index in [1.54, 1.807) is 0 Å². The summed E-state index contributed by atoms with van der Waals surface area (Å²) in [7, 11) is 0. The Bertz CT molecular complexity index is 366. The number of esters is 1. The van der Waals surface area contributed by atoms with Gasteiger partial charge < -0.3 is 15.2 Å². The van der Waals surface area contributed by atoms with Crippen molar-refractivity contribution in [1.29, 1.82) is 0 Å². The molecule has 5 heteroatoms. The van der Waals surface area contributed by atoms with E-state index in [4.69, 9.17) is 4.74 Å².